The van der Waals surface area contributed by atoms with E-state index in [1.165, 1.54) is 10.8 Å². The SMILES string of the molecule is COC(CN)c1cccc2ccccc12.I. The van der Waals surface area contributed by atoms with Crippen LogP contribution in [-0.4, -0.2) is 13.7 Å². The van der Waals surface area contributed by atoms with E-state index >= 15 is 0 Å². The molecule has 16 heavy (non-hydrogen) atoms. The zero-order valence-electron chi connectivity index (χ0n) is 9.22. The molecule has 0 saturated carbocycles. The highest BCUT2D eigenvalue weighted by Crippen LogP contribution is 2.25. The molecule has 0 aliphatic rings. The second-order valence-electron chi connectivity index (χ2n) is 3.53. The highest BCUT2D eigenvalue weighted by Gasteiger charge is 2.10. The molecule has 2 N–H and O–H groups in total. The minimum atomic E-state index is -0.0175. The molecule has 0 heterocycles. The first kappa shape index (κ1) is 13.4. The number of rotatable bonds is 3. The smallest absolute Gasteiger partial charge is 0.0949 e. The van der Waals surface area contributed by atoms with E-state index in [0.717, 1.165) is 5.56 Å². The second-order valence-corrected chi connectivity index (χ2v) is 3.53. The molecular weight excluding hydrogens is 313 g/mol. The third-order valence-corrected chi connectivity index (χ3v) is 2.67. The Hall–Kier alpha value is -0.650. The van der Waals surface area contributed by atoms with E-state index in [9.17, 15) is 0 Å². The van der Waals surface area contributed by atoms with Gasteiger partial charge in [0.15, 0.2) is 0 Å². The predicted molar refractivity (Wildman–Crippen MR) is 78.2 cm³/mol. The van der Waals surface area contributed by atoms with Gasteiger partial charge in [-0.05, 0) is 16.3 Å². The van der Waals surface area contributed by atoms with Crippen molar-refractivity contribution in [2.75, 3.05) is 13.7 Å². The van der Waals surface area contributed by atoms with Crippen LogP contribution in [-0.2, 0) is 4.74 Å². The zero-order chi connectivity index (χ0) is 10.7. The van der Waals surface area contributed by atoms with Crippen molar-refractivity contribution in [1.82, 2.24) is 0 Å². The largest absolute Gasteiger partial charge is 0.375 e. The Balaban J connectivity index is 0.00000128. The molecule has 1 unspecified atom stereocenters. The maximum atomic E-state index is 5.68. The fraction of sp³-hybridized carbons (Fsp3) is 0.231. The van der Waals surface area contributed by atoms with Crippen molar-refractivity contribution in [3.63, 3.8) is 0 Å². The van der Waals surface area contributed by atoms with Gasteiger partial charge in [-0.2, -0.15) is 0 Å². The topological polar surface area (TPSA) is 35.2 Å². The number of hydrogen-bond donors (Lipinski definition) is 1. The number of hydrogen-bond acceptors (Lipinski definition) is 2. The summed E-state index contributed by atoms with van der Waals surface area (Å²) < 4.78 is 5.37. The number of ether oxygens (including phenoxy) is 1. The molecule has 0 aromatic heterocycles. The summed E-state index contributed by atoms with van der Waals surface area (Å²) in [5.74, 6) is 0. The fourth-order valence-electron chi connectivity index (χ4n) is 1.88. The molecule has 2 aromatic carbocycles. The standard InChI is InChI=1S/C13H15NO.HI/c1-15-13(9-14)12-8-4-6-10-5-2-3-7-11(10)12;/h2-8,13H,9,14H2,1H3;1H. The summed E-state index contributed by atoms with van der Waals surface area (Å²) in [6, 6.07) is 14.5. The first-order chi connectivity index (χ1) is 7.36. The van der Waals surface area contributed by atoms with Crippen molar-refractivity contribution < 1.29 is 4.74 Å². The normalized spacial score (nSPS) is 12.1. The van der Waals surface area contributed by atoms with Gasteiger partial charge < -0.3 is 10.5 Å². The monoisotopic (exact) mass is 329 g/mol. The summed E-state index contributed by atoms with van der Waals surface area (Å²) in [7, 11) is 1.69. The molecule has 0 aliphatic carbocycles. The van der Waals surface area contributed by atoms with E-state index in [2.05, 4.69) is 24.3 Å². The van der Waals surface area contributed by atoms with Gasteiger partial charge in [-0.15, -0.1) is 24.0 Å². The maximum Gasteiger partial charge on any atom is 0.0949 e. The Morgan fingerprint density at radius 2 is 1.81 bits per heavy atom. The van der Waals surface area contributed by atoms with Crippen LogP contribution in [0.3, 0.4) is 0 Å². The van der Waals surface area contributed by atoms with Crippen LogP contribution in [0, 0.1) is 0 Å². The predicted octanol–water partition coefficient (Wildman–Crippen LogP) is 3.10. The number of halogens is 1. The van der Waals surface area contributed by atoms with Gasteiger partial charge in [0.25, 0.3) is 0 Å². The summed E-state index contributed by atoms with van der Waals surface area (Å²) in [6.07, 6.45) is -0.0175. The lowest BCUT2D eigenvalue weighted by Gasteiger charge is -2.15. The van der Waals surface area contributed by atoms with Crippen LogP contribution in [0.15, 0.2) is 42.5 Å². The van der Waals surface area contributed by atoms with E-state index in [4.69, 9.17) is 10.5 Å². The minimum Gasteiger partial charge on any atom is -0.375 e. The van der Waals surface area contributed by atoms with Gasteiger partial charge in [0, 0.05) is 13.7 Å². The molecule has 86 valence electrons. The lowest BCUT2D eigenvalue weighted by Crippen LogP contribution is -2.14. The molecule has 2 nitrogen and oxygen atoms in total. The van der Waals surface area contributed by atoms with Crippen molar-refractivity contribution in [2.45, 2.75) is 6.10 Å². The number of fused-ring (bicyclic) bond motifs is 1. The molecule has 0 bridgehead atoms. The first-order valence-electron chi connectivity index (χ1n) is 5.07. The van der Waals surface area contributed by atoms with Crippen LogP contribution >= 0.6 is 24.0 Å². The van der Waals surface area contributed by atoms with Crippen molar-refractivity contribution in [1.29, 1.82) is 0 Å². The third kappa shape index (κ3) is 2.53. The number of methoxy groups -OCH3 is 1. The van der Waals surface area contributed by atoms with Gasteiger partial charge in [0.2, 0.25) is 0 Å². The Morgan fingerprint density at radius 1 is 1.12 bits per heavy atom. The quantitative estimate of drug-likeness (QED) is 0.879. The molecule has 3 heteroatoms. The van der Waals surface area contributed by atoms with Crippen molar-refractivity contribution in [3.05, 3.63) is 48.0 Å². The highest BCUT2D eigenvalue weighted by atomic mass is 127. The summed E-state index contributed by atoms with van der Waals surface area (Å²) in [5, 5.41) is 2.45. The number of benzene rings is 2. The molecule has 0 saturated heterocycles. The van der Waals surface area contributed by atoms with Gasteiger partial charge in [0.05, 0.1) is 6.10 Å². The van der Waals surface area contributed by atoms with E-state index in [1.54, 1.807) is 7.11 Å². The van der Waals surface area contributed by atoms with Gasteiger partial charge in [-0.25, -0.2) is 0 Å². The lowest BCUT2D eigenvalue weighted by atomic mass is 10.0. The zero-order valence-corrected chi connectivity index (χ0v) is 11.6. The van der Waals surface area contributed by atoms with Crippen molar-refractivity contribution in [2.24, 2.45) is 5.73 Å². The molecule has 0 spiro atoms. The van der Waals surface area contributed by atoms with Gasteiger partial charge >= 0.3 is 0 Å². The highest BCUT2D eigenvalue weighted by molar-refractivity contribution is 14.0. The van der Waals surface area contributed by atoms with Gasteiger partial charge in [-0.3, -0.25) is 0 Å². The van der Waals surface area contributed by atoms with E-state index in [-0.39, 0.29) is 30.1 Å². The Kier molecular flexibility index (Phi) is 5.18. The molecular formula is C13H16INO. The van der Waals surface area contributed by atoms with Crippen LogP contribution in [0.5, 0.6) is 0 Å². The molecule has 0 amide bonds. The molecule has 1 atom stereocenters. The Bertz CT molecular complexity index is 449. The number of nitrogens with two attached hydrogens (primary N) is 1. The average Bonchev–Trinajstić information content (AvgIpc) is 2.31. The Morgan fingerprint density at radius 3 is 2.50 bits per heavy atom. The molecule has 0 radical (unpaired) electrons. The van der Waals surface area contributed by atoms with Crippen molar-refractivity contribution in [3.8, 4) is 0 Å². The van der Waals surface area contributed by atoms with E-state index in [1.807, 2.05) is 18.2 Å². The molecule has 0 aliphatic heterocycles. The van der Waals surface area contributed by atoms with Crippen LogP contribution in [0.4, 0.5) is 0 Å². The lowest BCUT2D eigenvalue weighted by molar-refractivity contribution is 0.112. The Labute approximate surface area is 113 Å². The second kappa shape index (κ2) is 6.18. The van der Waals surface area contributed by atoms with E-state index in [0.29, 0.717) is 6.54 Å². The first-order valence-corrected chi connectivity index (χ1v) is 5.07. The maximum absolute atomic E-state index is 5.68. The van der Waals surface area contributed by atoms with Crippen LogP contribution < -0.4 is 5.73 Å². The van der Waals surface area contributed by atoms with Crippen LogP contribution in [0.25, 0.3) is 10.8 Å². The van der Waals surface area contributed by atoms with Gasteiger partial charge in [0.1, 0.15) is 0 Å². The summed E-state index contributed by atoms with van der Waals surface area (Å²) in [5.41, 5.74) is 6.85. The minimum absolute atomic E-state index is 0. The fourth-order valence-corrected chi connectivity index (χ4v) is 1.88. The van der Waals surface area contributed by atoms with Crippen LogP contribution in [0.2, 0.25) is 0 Å². The van der Waals surface area contributed by atoms with E-state index < -0.39 is 0 Å². The average molecular weight is 329 g/mol. The third-order valence-electron chi connectivity index (χ3n) is 2.67. The molecule has 2 aromatic rings. The van der Waals surface area contributed by atoms with Crippen LogP contribution in [0.1, 0.15) is 11.7 Å². The van der Waals surface area contributed by atoms with Gasteiger partial charge in [-0.1, -0.05) is 42.5 Å². The molecule has 0 fully saturated rings. The summed E-state index contributed by atoms with van der Waals surface area (Å²) >= 11 is 0. The molecule has 2 rings (SSSR count). The van der Waals surface area contributed by atoms with Crippen molar-refractivity contribution >= 4 is 34.7 Å². The summed E-state index contributed by atoms with van der Waals surface area (Å²) in [4.78, 5) is 0. The summed E-state index contributed by atoms with van der Waals surface area (Å²) in [6.45, 7) is 0.504.